The van der Waals surface area contributed by atoms with Crippen molar-refractivity contribution in [3.05, 3.63) is 175 Å². The quantitative estimate of drug-likeness (QED) is 0.186. The van der Waals surface area contributed by atoms with Crippen LogP contribution < -0.4 is 0 Å². The standard InChI is InChI=1S/C19H20N2Si.C13H11B/c1-2-15-22-19(21-14-13-20-16-21,17-9-5-3-6-10-17)18-11-7-4-8-12-18;14-13(11-7-3-1-4-8-11)12-9-5-2-6-10-12/h2-14,16H,1,15,22H2;1-10,13H. The minimum absolute atomic E-state index is 0.0163. The van der Waals surface area contributed by atoms with E-state index in [0.29, 0.717) is 0 Å². The van der Waals surface area contributed by atoms with Crippen molar-refractivity contribution in [1.82, 2.24) is 9.55 Å². The molecule has 36 heavy (non-hydrogen) atoms. The maximum Gasteiger partial charge on any atom is 0.0953 e. The average molecular weight is 483 g/mol. The van der Waals surface area contributed by atoms with Crippen LogP contribution in [0.25, 0.3) is 0 Å². The molecule has 0 spiro atoms. The molecule has 4 heteroatoms. The summed E-state index contributed by atoms with van der Waals surface area (Å²) < 4.78 is 2.27. The summed E-state index contributed by atoms with van der Waals surface area (Å²) in [6.45, 7) is 3.94. The molecular formula is C32H31BN2Si. The largest absolute Gasteiger partial charge is 0.327 e. The van der Waals surface area contributed by atoms with Gasteiger partial charge in [-0.2, -0.15) is 0 Å². The van der Waals surface area contributed by atoms with Gasteiger partial charge in [-0.15, -0.1) is 6.58 Å². The van der Waals surface area contributed by atoms with E-state index >= 15 is 0 Å². The molecule has 1 aromatic heterocycles. The minimum atomic E-state index is -0.542. The number of rotatable bonds is 8. The molecule has 5 rings (SSSR count). The fourth-order valence-electron chi connectivity index (χ4n) is 4.62. The normalized spacial score (nSPS) is 11.2. The summed E-state index contributed by atoms with van der Waals surface area (Å²) in [6.07, 6.45) is 7.93. The number of hydrogen-bond acceptors (Lipinski definition) is 1. The van der Waals surface area contributed by atoms with Crippen molar-refractivity contribution >= 4 is 17.4 Å². The van der Waals surface area contributed by atoms with Gasteiger partial charge in [-0.05, 0) is 34.1 Å². The Hall–Kier alpha value is -3.89. The van der Waals surface area contributed by atoms with Gasteiger partial charge in [-0.3, -0.25) is 0 Å². The molecule has 0 aliphatic carbocycles. The van der Waals surface area contributed by atoms with Crippen molar-refractivity contribution in [2.45, 2.75) is 17.0 Å². The predicted molar refractivity (Wildman–Crippen MR) is 155 cm³/mol. The van der Waals surface area contributed by atoms with Crippen molar-refractivity contribution < 1.29 is 0 Å². The average Bonchev–Trinajstić information content (AvgIpc) is 3.51. The zero-order valence-corrected chi connectivity index (χ0v) is 21.9. The molecule has 0 amide bonds. The molecule has 0 atom stereocenters. The molecule has 0 aliphatic rings. The van der Waals surface area contributed by atoms with E-state index in [0.717, 1.165) is 17.2 Å². The number of allylic oxidation sites excluding steroid dienone is 1. The number of hydrogen-bond donors (Lipinski definition) is 0. The monoisotopic (exact) mass is 482 g/mol. The third-order valence-electron chi connectivity index (χ3n) is 6.48. The first-order valence-corrected chi connectivity index (χ1v) is 14.0. The van der Waals surface area contributed by atoms with Gasteiger partial charge in [-0.1, -0.05) is 127 Å². The molecule has 1 heterocycles. The third kappa shape index (κ3) is 5.84. The first kappa shape index (κ1) is 25.2. The van der Waals surface area contributed by atoms with Crippen LogP contribution in [0.3, 0.4) is 0 Å². The van der Waals surface area contributed by atoms with Crippen molar-refractivity contribution in [1.29, 1.82) is 0 Å². The van der Waals surface area contributed by atoms with Gasteiger partial charge in [0.05, 0.1) is 28.9 Å². The predicted octanol–water partition coefficient (Wildman–Crippen LogP) is 6.35. The topological polar surface area (TPSA) is 17.8 Å². The van der Waals surface area contributed by atoms with Crippen LogP contribution in [0.1, 0.15) is 28.1 Å². The molecule has 5 aromatic rings. The van der Waals surface area contributed by atoms with E-state index in [9.17, 15) is 0 Å². The van der Waals surface area contributed by atoms with Gasteiger partial charge in [0.25, 0.3) is 0 Å². The summed E-state index contributed by atoms with van der Waals surface area (Å²) in [4.78, 5) is 4.31. The highest BCUT2D eigenvalue weighted by atomic mass is 28.2. The highest BCUT2D eigenvalue weighted by molar-refractivity contribution is 6.42. The molecule has 2 radical (unpaired) electrons. The lowest BCUT2D eigenvalue weighted by Crippen LogP contribution is -2.41. The van der Waals surface area contributed by atoms with Crippen LogP contribution in [0.15, 0.2) is 153 Å². The molecule has 0 saturated heterocycles. The van der Waals surface area contributed by atoms with Gasteiger partial charge in [0.15, 0.2) is 0 Å². The Balaban J connectivity index is 0.000000187. The second-order valence-corrected chi connectivity index (χ2v) is 10.8. The highest BCUT2D eigenvalue weighted by Crippen LogP contribution is 2.34. The Morgan fingerprint density at radius 1 is 0.750 bits per heavy atom. The number of aromatic nitrogens is 2. The van der Waals surface area contributed by atoms with Gasteiger partial charge in [-0.25, -0.2) is 4.98 Å². The van der Waals surface area contributed by atoms with Crippen LogP contribution >= 0.6 is 0 Å². The van der Waals surface area contributed by atoms with Crippen LogP contribution in [0.2, 0.25) is 6.04 Å². The maximum atomic E-state index is 6.12. The molecule has 0 saturated carbocycles. The molecule has 176 valence electrons. The van der Waals surface area contributed by atoms with E-state index in [1.807, 2.05) is 55.0 Å². The number of nitrogens with zero attached hydrogens (tertiary/aromatic N) is 2. The molecular weight excluding hydrogens is 451 g/mol. The molecule has 0 bridgehead atoms. The number of imidazole rings is 1. The van der Waals surface area contributed by atoms with E-state index in [1.54, 1.807) is 0 Å². The van der Waals surface area contributed by atoms with E-state index in [-0.39, 0.29) is 11.0 Å². The zero-order chi connectivity index (χ0) is 25.1. The van der Waals surface area contributed by atoms with Crippen molar-refractivity contribution in [3.63, 3.8) is 0 Å². The summed E-state index contributed by atoms with van der Waals surface area (Å²) in [5.74, 6) is -0.0163. The van der Waals surface area contributed by atoms with E-state index in [1.165, 1.54) is 11.1 Å². The van der Waals surface area contributed by atoms with Gasteiger partial charge >= 0.3 is 0 Å². The molecule has 2 nitrogen and oxygen atoms in total. The Morgan fingerprint density at radius 2 is 1.19 bits per heavy atom. The minimum Gasteiger partial charge on any atom is -0.327 e. The van der Waals surface area contributed by atoms with Gasteiger partial charge in [0, 0.05) is 12.4 Å². The lowest BCUT2D eigenvalue weighted by molar-refractivity contribution is 0.592. The van der Waals surface area contributed by atoms with Gasteiger partial charge in [0.1, 0.15) is 0 Å². The Kier molecular flexibility index (Phi) is 8.90. The first-order chi connectivity index (χ1) is 17.8. The smallest absolute Gasteiger partial charge is 0.0953 e. The van der Waals surface area contributed by atoms with Gasteiger partial charge < -0.3 is 4.57 Å². The second kappa shape index (κ2) is 12.7. The van der Waals surface area contributed by atoms with Crippen LogP contribution in [0.5, 0.6) is 0 Å². The first-order valence-electron chi connectivity index (χ1n) is 12.3. The van der Waals surface area contributed by atoms with E-state index in [2.05, 4.69) is 107 Å². The summed E-state index contributed by atoms with van der Waals surface area (Å²) in [5.41, 5.74) is 4.96. The summed E-state index contributed by atoms with van der Waals surface area (Å²) in [7, 11) is 5.57. The number of benzene rings is 4. The van der Waals surface area contributed by atoms with Crippen molar-refractivity contribution in [2.24, 2.45) is 0 Å². The summed E-state index contributed by atoms with van der Waals surface area (Å²) in [6, 6.07) is 42.8. The fraction of sp³-hybridized carbons (Fsp3) is 0.0938. The lowest BCUT2D eigenvalue weighted by atomic mass is 9.76. The molecule has 0 unspecified atom stereocenters. The zero-order valence-electron chi connectivity index (χ0n) is 20.5. The SMILES string of the molecule is C=CC[SiH2]C(c1ccccc1)(c1ccccc1)n1ccnc1.[B]C(c1ccccc1)c1ccccc1. The summed E-state index contributed by atoms with van der Waals surface area (Å²) >= 11 is 0. The highest BCUT2D eigenvalue weighted by Gasteiger charge is 2.35. The Labute approximate surface area is 218 Å². The molecule has 0 aliphatic heterocycles. The van der Waals surface area contributed by atoms with Crippen LogP contribution in [-0.2, 0) is 5.16 Å². The van der Waals surface area contributed by atoms with Crippen LogP contribution in [0.4, 0.5) is 0 Å². The lowest BCUT2D eigenvalue weighted by Gasteiger charge is -2.36. The molecule has 0 N–H and O–H groups in total. The van der Waals surface area contributed by atoms with Crippen molar-refractivity contribution in [2.75, 3.05) is 0 Å². The van der Waals surface area contributed by atoms with Gasteiger partial charge in [0.2, 0.25) is 0 Å². The van der Waals surface area contributed by atoms with E-state index < -0.39 is 9.52 Å². The van der Waals surface area contributed by atoms with Crippen molar-refractivity contribution in [3.8, 4) is 0 Å². The Bertz CT molecular complexity index is 1210. The van der Waals surface area contributed by atoms with Crippen LogP contribution in [0, 0.1) is 0 Å². The third-order valence-corrected chi connectivity index (χ3v) is 9.08. The fourth-order valence-corrected chi connectivity index (χ4v) is 6.74. The Morgan fingerprint density at radius 3 is 1.58 bits per heavy atom. The van der Waals surface area contributed by atoms with E-state index in [4.69, 9.17) is 7.85 Å². The molecule has 0 fully saturated rings. The summed E-state index contributed by atoms with van der Waals surface area (Å²) in [5, 5.41) is -0.118. The molecule has 4 aromatic carbocycles. The van der Waals surface area contributed by atoms with Crippen LogP contribution in [-0.4, -0.2) is 26.9 Å². The second-order valence-electron chi connectivity index (χ2n) is 8.69. The maximum absolute atomic E-state index is 6.12.